The second kappa shape index (κ2) is 7.25. The summed E-state index contributed by atoms with van der Waals surface area (Å²) < 4.78 is 35.8. The van der Waals surface area contributed by atoms with Crippen LogP contribution in [0.1, 0.15) is 24.2 Å². The lowest BCUT2D eigenvalue weighted by molar-refractivity contribution is 0.0600. The summed E-state index contributed by atoms with van der Waals surface area (Å²) >= 11 is 0. The second-order valence-corrected chi connectivity index (χ2v) is 6.25. The van der Waals surface area contributed by atoms with Gasteiger partial charge in [-0.15, -0.1) is 0 Å². The Morgan fingerprint density at radius 1 is 1.35 bits per heavy atom. The second-order valence-electron chi connectivity index (χ2n) is 4.41. The Morgan fingerprint density at radius 2 is 2.05 bits per heavy atom. The van der Waals surface area contributed by atoms with Crippen LogP contribution in [0.4, 0.5) is 5.69 Å². The van der Waals surface area contributed by atoms with Crippen molar-refractivity contribution in [1.29, 1.82) is 0 Å². The smallest absolute Gasteiger partial charge is 0.337 e. The Labute approximate surface area is 119 Å². The molecule has 20 heavy (non-hydrogen) atoms. The number of carbonyl (C=O) groups is 1. The highest BCUT2D eigenvalue weighted by Gasteiger charge is 2.12. The van der Waals surface area contributed by atoms with Gasteiger partial charge in [-0.25, -0.2) is 13.2 Å². The molecule has 0 radical (unpaired) electrons. The Balaban J connectivity index is 2.70. The van der Waals surface area contributed by atoms with Crippen LogP contribution in [0.25, 0.3) is 0 Å². The van der Waals surface area contributed by atoms with Crippen molar-refractivity contribution in [3.63, 3.8) is 0 Å². The summed E-state index contributed by atoms with van der Waals surface area (Å²) in [5, 5.41) is 0. The number of sulfonamides is 1. The van der Waals surface area contributed by atoms with Gasteiger partial charge in [0.1, 0.15) is 0 Å². The molecule has 7 heteroatoms. The van der Waals surface area contributed by atoms with E-state index in [0.717, 1.165) is 0 Å². The lowest BCUT2D eigenvalue weighted by Gasteiger charge is -2.10. The molecule has 1 rings (SSSR count). The first kappa shape index (κ1) is 16.5. The molecule has 0 aliphatic heterocycles. The maximum atomic E-state index is 11.8. The highest BCUT2D eigenvalue weighted by molar-refractivity contribution is 7.92. The maximum absolute atomic E-state index is 11.8. The number of methoxy groups -OCH3 is 1. The lowest BCUT2D eigenvalue weighted by Crippen LogP contribution is -2.21. The van der Waals surface area contributed by atoms with Gasteiger partial charge in [0.05, 0.1) is 31.1 Å². The van der Waals surface area contributed by atoms with Gasteiger partial charge in [0.25, 0.3) is 0 Å². The first-order chi connectivity index (χ1) is 9.34. The number of rotatable bonds is 7. The monoisotopic (exact) mass is 301 g/mol. The van der Waals surface area contributed by atoms with Crippen LogP contribution in [0.3, 0.4) is 0 Å². The average molecular weight is 301 g/mol. The minimum atomic E-state index is -3.51. The number of hydrogen-bond donors (Lipinski definition) is 1. The van der Waals surface area contributed by atoms with Crippen molar-refractivity contribution in [2.45, 2.75) is 20.0 Å². The van der Waals surface area contributed by atoms with Crippen molar-refractivity contribution in [2.75, 3.05) is 24.2 Å². The molecule has 0 aromatic heterocycles. The zero-order valence-electron chi connectivity index (χ0n) is 11.8. The molecule has 0 bridgehead atoms. The number of carbonyl (C=O) groups excluding carboxylic acids is 1. The van der Waals surface area contributed by atoms with E-state index in [-0.39, 0.29) is 24.0 Å². The zero-order valence-corrected chi connectivity index (χ0v) is 12.6. The largest absolute Gasteiger partial charge is 0.465 e. The fraction of sp³-hybridized carbons (Fsp3) is 0.462. The van der Waals surface area contributed by atoms with Crippen LogP contribution in [0, 0.1) is 0 Å². The van der Waals surface area contributed by atoms with Gasteiger partial charge in [0, 0.05) is 5.69 Å². The Hall–Kier alpha value is -1.60. The molecule has 112 valence electrons. The van der Waals surface area contributed by atoms with E-state index >= 15 is 0 Å². The number of benzene rings is 1. The Morgan fingerprint density at radius 3 is 2.65 bits per heavy atom. The van der Waals surface area contributed by atoms with Crippen LogP contribution in [0.2, 0.25) is 0 Å². The van der Waals surface area contributed by atoms with E-state index in [9.17, 15) is 13.2 Å². The molecule has 0 saturated heterocycles. The van der Waals surface area contributed by atoms with Gasteiger partial charge in [-0.3, -0.25) is 4.72 Å². The van der Waals surface area contributed by atoms with Gasteiger partial charge in [0.2, 0.25) is 10.0 Å². The van der Waals surface area contributed by atoms with Gasteiger partial charge in [-0.2, -0.15) is 0 Å². The fourth-order valence-electron chi connectivity index (χ4n) is 1.45. The van der Waals surface area contributed by atoms with E-state index in [1.54, 1.807) is 18.2 Å². The number of ether oxygens (including phenoxy) is 2. The first-order valence-electron chi connectivity index (χ1n) is 6.14. The van der Waals surface area contributed by atoms with Gasteiger partial charge >= 0.3 is 5.97 Å². The molecule has 1 aromatic carbocycles. The van der Waals surface area contributed by atoms with E-state index < -0.39 is 16.0 Å². The SMILES string of the molecule is COC(=O)c1cccc(NS(=O)(=O)CCOC(C)C)c1. The highest BCUT2D eigenvalue weighted by atomic mass is 32.2. The zero-order chi connectivity index (χ0) is 15.2. The average Bonchev–Trinajstić information content (AvgIpc) is 2.36. The summed E-state index contributed by atoms with van der Waals surface area (Å²) in [6, 6.07) is 6.11. The van der Waals surface area contributed by atoms with E-state index in [2.05, 4.69) is 9.46 Å². The van der Waals surface area contributed by atoms with Crippen LogP contribution in [-0.2, 0) is 19.5 Å². The minimum Gasteiger partial charge on any atom is -0.465 e. The molecule has 0 aliphatic rings. The molecule has 0 amide bonds. The number of esters is 1. The number of hydrogen-bond acceptors (Lipinski definition) is 5. The Kier molecular flexibility index (Phi) is 5.97. The molecule has 6 nitrogen and oxygen atoms in total. The summed E-state index contributed by atoms with van der Waals surface area (Å²) in [6.45, 7) is 3.78. The minimum absolute atomic E-state index is 0.0205. The van der Waals surface area contributed by atoms with Gasteiger partial charge in [-0.05, 0) is 32.0 Å². The van der Waals surface area contributed by atoms with Gasteiger partial charge in [-0.1, -0.05) is 6.07 Å². The molecule has 0 spiro atoms. The van der Waals surface area contributed by atoms with E-state index in [0.29, 0.717) is 5.69 Å². The highest BCUT2D eigenvalue weighted by Crippen LogP contribution is 2.13. The van der Waals surface area contributed by atoms with Crippen molar-refractivity contribution >= 4 is 21.7 Å². The van der Waals surface area contributed by atoms with Crippen molar-refractivity contribution in [3.05, 3.63) is 29.8 Å². The number of anilines is 1. The van der Waals surface area contributed by atoms with E-state index in [4.69, 9.17) is 4.74 Å². The molecule has 1 N–H and O–H groups in total. The molecule has 0 aliphatic carbocycles. The quantitative estimate of drug-likeness (QED) is 0.774. The first-order valence-corrected chi connectivity index (χ1v) is 7.80. The van der Waals surface area contributed by atoms with Crippen LogP contribution in [0.15, 0.2) is 24.3 Å². The van der Waals surface area contributed by atoms with E-state index in [1.807, 2.05) is 13.8 Å². The summed E-state index contributed by atoms with van der Waals surface area (Å²) in [7, 11) is -2.24. The van der Waals surface area contributed by atoms with Crippen molar-refractivity contribution in [1.82, 2.24) is 0 Å². The summed E-state index contributed by atoms with van der Waals surface area (Å²) in [4.78, 5) is 11.4. The van der Waals surface area contributed by atoms with Crippen LogP contribution < -0.4 is 4.72 Å². The molecule has 0 atom stereocenters. The lowest BCUT2D eigenvalue weighted by atomic mass is 10.2. The molecule has 0 saturated carbocycles. The van der Waals surface area contributed by atoms with Gasteiger partial charge in [0.15, 0.2) is 0 Å². The van der Waals surface area contributed by atoms with Crippen LogP contribution in [0.5, 0.6) is 0 Å². The molecule has 0 unspecified atom stereocenters. The van der Waals surface area contributed by atoms with Crippen molar-refractivity contribution in [3.8, 4) is 0 Å². The molecular formula is C13H19NO5S. The van der Waals surface area contributed by atoms with Crippen LogP contribution >= 0.6 is 0 Å². The molecule has 0 fully saturated rings. The summed E-state index contributed by atoms with van der Waals surface area (Å²) in [6.07, 6.45) is -0.0205. The molecule has 0 heterocycles. The topological polar surface area (TPSA) is 81.7 Å². The third-order valence-corrected chi connectivity index (χ3v) is 3.61. The van der Waals surface area contributed by atoms with Crippen molar-refractivity contribution in [2.24, 2.45) is 0 Å². The predicted octanol–water partition coefficient (Wildman–Crippen LogP) is 1.64. The molecular weight excluding hydrogens is 282 g/mol. The Bertz CT molecular complexity index is 554. The summed E-state index contributed by atoms with van der Waals surface area (Å²) in [5.41, 5.74) is 0.601. The van der Waals surface area contributed by atoms with Crippen molar-refractivity contribution < 1.29 is 22.7 Å². The van der Waals surface area contributed by atoms with E-state index in [1.165, 1.54) is 13.2 Å². The third kappa shape index (κ3) is 5.58. The normalized spacial score (nSPS) is 11.4. The predicted molar refractivity (Wildman–Crippen MR) is 76.3 cm³/mol. The standard InChI is InChI=1S/C13H19NO5S/c1-10(2)19-7-8-20(16,17)14-12-6-4-5-11(9-12)13(15)18-3/h4-6,9-10,14H,7-8H2,1-3H3. The summed E-state index contributed by atoms with van der Waals surface area (Å²) in [5.74, 6) is -0.664. The number of nitrogens with one attached hydrogen (secondary N) is 1. The maximum Gasteiger partial charge on any atom is 0.337 e. The molecule has 1 aromatic rings. The fourth-order valence-corrected chi connectivity index (χ4v) is 2.36. The van der Waals surface area contributed by atoms with Gasteiger partial charge < -0.3 is 9.47 Å². The van der Waals surface area contributed by atoms with Crippen LogP contribution in [-0.4, -0.2) is 40.0 Å². The third-order valence-electron chi connectivity index (χ3n) is 2.36.